The first kappa shape index (κ1) is 14.2. The fourth-order valence-electron chi connectivity index (χ4n) is 1.64. The molecule has 0 unspecified atom stereocenters. The van der Waals surface area contributed by atoms with Gasteiger partial charge in [0, 0.05) is 20.0 Å². The summed E-state index contributed by atoms with van der Waals surface area (Å²) in [5.74, 6) is 0.443. The molecule has 1 aromatic rings. The highest BCUT2D eigenvalue weighted by Crippen LogP contribution is 2.08. The molecule has 0 spiro atoms. The van der Waals surface area contributed by atoms with E-state index in [2.05, 4.69) is 10.5 Å². The number of rotatable bonds is 5. The minimum Gasteiger partial charge on any atom is -0.353 e. The molecule has 0 aliphatic carbocycles. The van der Waals surface area contributed by atoms with Crippen molar-refractivity contribution in [3.63, 3.8) is 0 Å². The molecule has 18 heavy (non-hydrogen) atoms. The zero-order valence-corrected chi connectivity index (χ0v) is 11.5. The highest BCUT2D eigenvalue weighted by Gasteiger charge is 2.12. The van der Waals surface area contributed by atoms with Gasteiger partial charge in [0.1, 0.15) is 0 Å². The Morgan fingerprint density at radius 1 is 1.22 bits per heavy atom. The Labute approximate surface area is 109 Å². The molecule has 1 rings (SSSR count). The second-order valence-electron chi connectivity index (χ2n) is 4.14. The second-order valence-corrected chi connectivity index (χ2v) is 4.14. The molecule has 0 aliphatic heterocycles. The monoisotopic (exact) mass is 247 g/mol. The predicted octanol–water partition coefficient (Wildman–Crippen LogP) is 2.65. The van der Waals surface area contributed by atoms with E-state index >= 15 is 0 Å². The van der Waals surface area contributed by atoms with E-state index in [-0.39, 0.29) is 5.78 Å². The van der Waals surface area contributed by atoms with Crippen LogP contribution in [0, 0.1) is 6.92 Å². The molecule has 0 saturated carbocycles. The lowest BCUT2D eigenvalue weighted by molar-refractivity contribution is -0.111. The zero-order chi connectivity index (χ0) is 13.5. The lowest BCUT2D eigenvalue weighted by Crippen LogP contribution is -2.36. The molecule has 0 fully saturated rings. The van der Waals surface area contributed by atoms with Crippen molar-refractivity contribution >= 4 is 17.3 Å². The highest BCUT2D eigenvalue weighted by atomic mass is 16.1. The van der Waals surface area contributed by atoms with Crippen molar-refractivity contribution < 1.29 is 4.79 Å². The van der Waals surface area contributed by atoms with Gasteiger partial charge in [-0.25, -0.2) is 0 Å². The fourth-order valence-corrected chi connectivity index (χ4v) is 1.64. The van der Waals surface area contributed by atoms with Crippen LogP contribution >= 0.6 is 0 Å². The molecule has 0 atom stereocenters. The lowest BCUT2D eigenvalue weighted by Gasteiger charge is -2.20. The topological polar surface area (TPSA) is 44.7 Å². The van der Waals surface area contributed by atoms with Gasteiger partial charge in [-0.3, -0.25) is 10.2 Å². The number of carbonyl (C=O) groups is 1. The first-order valence-electron chi connectivity index (χ1n) is 6.24. The summed E-state index contributed by atoms with van der Waals surface area (Å²) in [5, 5.41) is 4.21. The maximum absolute atomic E-state index is 11.6. The van der Waals surface area contributed by atoms with Gasteiger partial charge in [-0.2, -0.15) is 5.10 Å². The third-order valence-corrected chi connectivity index (χ3v) is 2.72. The van der Waals surface area contributed by atoms with E-state index in [9.17, 15) is 4.79 Å². The zero-order valence-electron chi connectivity index (χ0n) is 11.5. The number of ketones is 1. The van der Waals surface area contributed by atoms with E-state index in [1.54, 1.807) is 0 Å². The number of hydrogen-bond acceptors (Lipinski definition) is 3. The number of anilines is 1. The number of carbonyl (C=O) groups excluding carboxylic acids is 1. The Morgan fingerprint density at radius 2 is 1.78 bits per heavy atom. The molecule has 1 aromatic carbocycles. The molecule has 0 bridgehead atoms. The van der Waals surface area contributed by atoms with E-state index in [0.29, 0.717) is 5.84 Å². The van der Waals surface area contributed by atoms with Crippen LogP contribution in [0.1, 0.15) is 26.3 Å². The summed E-state index contributed by atoms with van der Waals surface area (Å²) in [4.78, 5) is 13.5. The quantitative estimate of drug-likeness (QED) is 0.494. The molecule has 0 aliphatic rings. The number of nitrogens with one attached hydrogen (secondary N) is 1. The maximum atomic E-state index is 11.6. The average Bonchev–Trinajstić information content (AvgIpc) is 2.36. The highest BCUT2D eigenvalue weighted by molar-refractivity contribution is 6.37. The second kappa shape index (κ2) is 6.79. The van der Waals surface area contributed by atoms with E-state index < -0.39 is 0 Å². The summed E-state index contributed by atoms with van der Waals surface area (Å²) >= 11 is 0. The maximum Gasteiger partial charge on any atom is 0.196 e. The largest absolute Gasteiger partial charge is 0.353 e. The number of amidine groups is 1. The summed E-state index contributed by atoms with van der Waals surface area (Å²) in [5.41, 5.74) is 5.00. The molecule has 0 saturated heterocycles. The minimum atomic E-state index is -0.0293. The summed E-state index contributed by atoms with van der Waals surface area (Å²) in [6.45, 7) is 9.12. The summed E-state index contributed by atoms with van der Waals surface area (Å²) < 4.78 is 0. The Balaban J connectivity index is 2.83. The van der Waals surface area contributed by atoms with Gasteiger partial charge in [0.05, 0.1) is 5.69 Å². The molecular weight excluding hydrogens is 226 g/mol. The fraction of sp³-hybridized carbons (Fsp3) is 0.429. The summed E-state index contributed by atoms with van der Waals surface area (Å²) in [7, 11) is 0. The van der Waals surface area contributed by atoms with Crippen molar-refractivity contribution in [2.24, 2.45) is 5.10 Å². The molecule has 0 heterocycles. The normalized spacial score (nSPS) is 11.2. The van der Waals surface area contributed by atoms with E-state index in [4.69, 9.17) is 0 Å². The van der Waals surface area contributed by atoms with Gasteiger partial charge in [-0.1, -0.05) is 17.7 Å². The van der Waals surface area contributed by atoms with Crippen molar-refractivity contribution in [2.75, 3.05) is 18.5 Å². The van der Waals surface area contributed by atoms with Crippen molar-refractivity contribution in [3.05, 3.63) is 29.8 Å². The van der Waals surface area contributed by atoms with Crippen LogP contribution in [0.5, 0.6) is 0 Å². The van der Waals surface area contributed by atoms with Gasteiger partial charge >= 0.3 is 0 Å². The van der Waals surface area contributed by atoms with Crippen LogP contribution in [0.25, 0.3) is 0 Å². The first-order valence-corrected chi connectivity index (χ1v) is 6.24. The van der Waals surface area contributed by atoms with Crippen LogP contribution in [0.15, 0.2) is 29.4 Å². The molecule has 1 N–H and O–H groups in total. The third kappa shape index (κ3) is 3.87. The molecule has 98 valence electrons. The van der Waals surface area contributed by atoms with Crippen molar-refractivity contribution in [3.8, 4) is 0 Å². The number of benzene rings is 1. The van der Waals surface area contributed by atoms with Crippen molar-refractivity contribution in [2.45, 2.75) is 27.7 Å². The number of Topliss-reactive ketones (excluding diaryl/α,β-unsaturated/α-hetero) is 1. The Bertz CT molecular complexity index is 419. The molecule has 0 aromatic heterocycles. The van der Waals surface area contributed by atoms with E-state index in [1.807, 2.05) is 49.9 Å². The number of likely N-dealkylation sites (N-methyl/N-ethyl adjacent to an activating group) is 1. The molecule has 0 radical (unpaired) electrons. The van der Waals surface area contributed by atoms with Gasteiger partial charge in [-0.05, 0) is 32.9 Å². The van der Waals surface area contributed by atoms with Crippen LogP contribution in [0.2, 0.25) is 0 Å². The standard InChI is InChI=1S/C14H21N3O/c1-5-17(6-2)14(12(4)18)16-15-13-9-7-11(3)8-10-13/h7-10,15H,5-6H2,1-4H3/b16-14-. The van der Waals surface area contributed by atoms with Crippen LogP contribution in [-0.2, 0) is 4.79 Å². The summed E-state index contributed by atoms with van der Waals surface area (Å²) in [6.07, 6.45) is 0. The smallest absolute Gasteiger partial charge is 0.196 e. The van der Waals surface area contributed by atoms with Gasteiger partial charge in [0.25, 0.3) is 0 Å². The van der Waals surface area contributed by atoms with Crippen LogP contribution in [0.4, 0.5) is 5.69 Å². The summed E-state index contributed by atoms with van der Waals surface area (Å²) in [6, 6.07) is 7.89. The molecule has 0 amide bonds. The van der Waals surface area contributed by atoms with Crippen LogP contribution in [0.3, 0.4) is 0 Å². The number of hydrazone groups is 1. The number of hydrogen-bond donors (Lipinski definition) is 1. The molecule has 4 nitrogen and oxygen atoms in total. The molecule has 4 heteroatoms. The van der Waals surface area contributed by atoms with E-state index in [0.717, 1.165) is 18.8 Å². The minimum absolute atomic E-state index is 0.0293. The Hall–Kier alpha value is -1.84. The van der Waals surface area contributed by atoms with Crippen LogP contribution < -0.4 is 5.43 Å². The molecular formula is C14H21N3O. The number of nitrogens with zero attached hydrogens (tertiary/aromatic N) is 2. The SMILES string of the molecule is CCN(CC)/C(=N\Nc1ccc(C)cc1)C(C)=O. The first-order chi connectivity index (χ1) is 8.58. The van der Waals surface area contributed by atoms with Gasteiger partial charge in [0.15, 0.2) is 11.6 Å². The van der Waals surface area contributed by atoms with Crippen molar-refractivity contribution in [1.82, 2.24) is 4.90 Å². The Kier molecular flexibility index (Phi) is 5.36. The lowest BCUT2D eigenvalue weighted by atomic mass is 10.2. The van der Waals surface area contributed by atoms with Gasteiger partial charge in [0.2, 0.25) is 0 Å². The van der Waals surface area contributed by atoms with Gasteiger partial charge < -0.3 is 4.90 Å². The predicted molar refractivity (Wildman–Crippen MR) is 75.8 cm³/mol. The number of aryl methyl sites for hydroxylation is 1. The van der Waals surface area contributed by atoms with E-state index in [1.165, 1.54) is 12.5 Å². The average molecular weight is 247 g/mol. The van der Waals surface area contributed by atoms with Crippen LogP contribution in [-0.4, -0.2) is 29.6 Å². The van der Waals surface area contributed by atoms with Crippen molar-refractivity contribution in [1.29, 1.82) is 0 Å². The third-order valence-electron chi connectivity index (χ3n) is 2.72. The van der Waals surface area contributed by atoms with Gasteiger partial charge in [-0.15, -0.1) is 0 Å². The Morgan fingerprint density at radius 3 is 2.22 bits per heavy atom.